The van der Waals surface area contributed by atoms with Crippen LogP contribution in [0.3, 0.4) is 0 Å². The van der Waals surface area contributed by atoms with Gasteiger partial charge in [0.05, 0.1) is 13.7 Å². The van der Waals surface area contributed by atoms with Gasteiger partial charge >= 0.3 is 0 Å². The maximum absolute atomic E-state index is 12.8. The van der Waals surface area contributed by atoms with Crippen LogP contribution in [0.5, 0.6) is 11.8 Å². The Kier molecular flexibility index (Phi) is 4.30. The summed E-state index contributed by atoms with van der Waals surface area (Å²) < 4.78 is 12.4. The van der Waals surface area contributed by atoms with Gasteiger partial charge in [0.15, 0.2) is 0 Å². The normalized spacial score (nSPS) is 16.7. The number of aryl methyl sites for hydroxylation is 2. The molecule has 3 aromatic rings. The molecular weight excluding hydrogens is 350 g/mol. The SMILES string of the molecule is COc1ccc(O[C@@H]2CCN(C(=O)c3nc4nc(C)cc(C)n4n3)C2)nn1. The van der Waals surface area contributed by atoms with E-state index in [1.807, 2.05) is 19.9 Å². The Balaban J connectivity index is 1.45. The Labute approximate surface area is 155 Å². The summed E-state index contributed by atoms with van der Waals surface area (Å²) in [5, 5.41) is 12.1. The third-order valence-electron chi connectivity index (χ3n) is 4.35. The van der Waals surface area contributed by atoms with Gasteiger partial charge in [0.1, 0.15) is 6.10 Å². The lowest BCUT2D eigenvalue weighted by atomic mass is 10.3. The van der Waals surface area contributed by atoms with E-state index in [-0.39, 0.29) is 17.8 Å². The van der Waals surface area contributed by atoms with E-state index in [0.717, 1.165) is 11.4 Å². The largest absolute Gasteiger partial charge is 0.480 e. The van der Waals surface area contributed by atoms with Gasteiger partial charge in [-0.15, -0.1) is 15.3 Å². The number of methoxy groups -OCH3 is 1. The van der Waals surface area contributed by atoms with Crippen molar-refractivity contribution in [2.24, 2.45) is 0 Å². The number of hydrogen-bond donors (Lipinski definition) is 0. The smallest absolute Gasteiger partial charge is 0.293 e. The maximum Gasteiger partial charge on any atom is 0.293 e. The summed E-state index contributed by atoms with van der Waals surface area (Å²) >= 11 is 0. The first kappa shape index (κ1) is 17.1. The fraction of sp³-hybridized carbons (Fsp3) is 0.412. The number of amides is 1. The number of carbonyl (C=O) groups excluding carboxylic acids is 1. The molecule has 0 N–H and O–H groups in total. The lowest BCUT2D eigenvalue weighted by Gasteiger charge is -2.15. The zero-order chi connectivity index (χ0) is 19.0. The number of ether oxygens (including phenoxy) is 2. The Morgan fingerprint density at radius 3 is 2.70 bits per heavy atom. The Morgan fingerprint density at radius 2 is 1.96 bits per heavy atom. The third kappa shape index (κ3) is 3.37. The van der Waals surface area contributed by atoms with Crippen molar-refractivity contribution in [1.82, 2.24) is 34.7 Å². The standard InChI is InChI=1S/C17H19N7O3/c1-10-8-11(2)24-17(18-10)19-15(22-24)16(25)23-7-6-12(9-23)27-14-5-4-13(26-3)20-21-14/h4-5,8,12H,6-7,9H2,1-3H3/t12-/m1/s1. The van der Waals surface area contributed by atoms with E-state index < -0.39 is 0 Å². The van der Waals surface area contributed by atoms with Crippen LogP contribution in [0.25, 0.3) is 5.78 Å². The molecule has 0 radical (unpaired) electrons. The van der Waals surface area contributed by atoms with Crippen LogP contribution in [-0.4, -0.2) is 66.9 Å². The minimum absolute atomic E-state index is 0.140. The van der Waals surface area contributed by atoms with Crippen molar-refractivity contribution >= 4 is 11.7 Å². The van der Waals surface area contributed by atoms with E-state index in [0.29, 0.717) is 37.0 Å². The number of carbonyl (C=O) groups is 1. The molecule has 1 atom stereocenters. The molecule has 0 unspecified atom stereocenters. The first-order valence-electron chi connectivity index (χ1n) is 8.58. The van der Waals surface area contributed by atoms with Crippen LogP contribution >= 0.6 is 0 Å². The van der Waals surface area contributed by atoms with Gasteiger partial charge in [-0.25, -0.2) is 9.50 Å². The van der Waals surface area contributed by atoms with Crippen molar-refractivity contribution in [3.8, 4) is 11.8 Å². The summed E-state index contributed by atoms with van der Waals surface area (Å²) in [6, 6.07) is 5.26. The molecule has 1 saturated heterocycles. The maximum atomic E-state index is 12.8. The Bertz CT molecular complexity index is 986. The van der Waals surface area contributed by atoms with E-state index in [9.17, 15) is 4.79 Å². The van der Waals surface area contributed by atoms with Crippen LogP contribution < -0.4 is 9.47 Å². The molecule has 3 aromatic heterocycles. The third-order valence-corrected chi connectivity index (χ3v) is 4.35. The van der Waals surface area contributed by atoms with Gasteiger partial charge in [-0.05, 0) is 19.9 Å². The summed E-state index contributed by atoms with van der Waals surface area (Å²) in [6.45, 7) is 4.79. The number of hydrogen-bond acceptors (Lipinski definition) is 8. The highest BCUT2D eigenvalue weighted by atomic mass is 16.5. The molecule has 27 heavy (non-hydrogen) atoms. The fourth-order valence-electron chi connectivity index (χ4n) is 3.06. The molecule has 0 bridgehead atoms. The number of aromatic nitrogens is 6. The fourth-order valence-corrected chi connectivity index (χ4v) is 3.06. The van der Waals surface area contributed by atoms with Gasteiger partial charge in [-0.3, -0.25) is 4.79 Å². The zero-order valence-corrected chi connectivity index (χ0v) is 15.3. The summed E-state index contributed by atoms with van der Waals surface area (Å²) in [7, 11) is 1.52. The van der Waals surface area contributed by atoms with Crippen molar-refractivity contribution in [2.45, 2.75) is 26.4 Å². The molecule has 0 spiro atoms. The average Bonchev–Trinajstić information content (AvgIpc) is 3.29. The van der Waals surface area contributed by atoms with Crippen LogP contribution in [0.15, 0.2) is 18.2 Å². The van der Waals surface area contributed by atoms with E-state index in [1.54, 1.807) is 21.5 Å². The quantitative estimate of drug-likeness (QED) is 0.666. The Hall–Kier alpha value is -3.30. The van der Waals surface area contributed by atoms with Crippen molar-refractivity contribution in [3.05, 3.63) is 35.4 Å². The predicted molar refractivity (Wildman–Crippen MR) is 93.8 cm³/mol. The predicted octanol–water partition coefficient (Wildman–Crippen LogP) is 0.833. The van der Waals surface area contributed by atoms with Gasteiger partial charge in [0, 0.05) is 36.5 Å². The molecule has 4 rings (SSSR count). The van der Waals surface area contributed by atoms with Crippen molar-refractivity contribution in [1.29, 1.82) is 0 Å². The molecule has 10 heteroatoms. The molecule has 140 valence electrons. The summed E-state index contributed by atoms with van der Waals surface area (Å²) in [4.78, 5) is 23.0. The van der Waals surface area contributed by atoms with Crippen LogP contribution in [0.2, 0.25) is 0 Å². The van der Waals surface area contributed by atoms with E-state index in [1.165, 1.54) is 7.11 Å². The number of fused-ring (bicyclic) bond motifs is 1. The molecule has 0 aliphatic carbocycles. The highest BCUT2D eigenvalue weighted by Gasteiger charge is 2.31. The average molecular weight is 369 g/mol. The molecule has 1 aliphatic rings. The summed E-state index contributed by atoms with van der Waals surface area (Å²) in [5.41, 5.74) is 1.71. The van der Waals surface area contributed by atoms with Gasteiger partial charge in [0.2, 0.25) is 17.6 Å². The van der Waals surface area contributed by atoms with Crippen molar-refractivity contribution in [2.75, 3.05) is 20.2 Å². The molecule has 1 fully saturated rings. The van der Waals surface area contributed by atoms with Gasteiger partial charge in [-0.1, -0.05) is 0 Å². The van der Waals surface area contributed by atoms with Gasteiger partial charge in [-0.2, -0.15) is 4.98 Å². The molecule has 1 aliphatic heterocycles. The molecule has 4 heterocycles. The van der Waals surface area contributed by atoms with Crippen LogP contribution in [0, 0.1) is 13.8 Å². The van der Waals surface area contributed by atoms with E-state index in [4.69, 9.17) is 9.47 Å². The van der Waals surface area contributed by atoms with Crippen molar-refractivity contribution in [3.63, 3.8) is 0 Å². The highest BCUT2D eigenvalue weighted by Crippen LogP contribution is 2.19. The van der Waals surface area contributed by atoms with E-state index >= 15 is 0 Å². The molecular formula is C17H19N7O3. The second-order valence-electron chi connectivity index (χ2n) is 6.38. The first-order chi connectivity index (χ1) is 13.0. The van der Waals surface area contributed by atoms with Gasteiger partial charge < -0.3 is 14.4 Å². The van der Waals surface area contributed by atoms with Gasteiger partial charge in [0.25, 0.3) is 11.7 Å². The number of likely N-dealkylation sites (tertiary alicyclic amines) is 1. The van der Waals surface area contributed by atoms with Crippen LogP contribution in [-0.2, 0) is 0 Å². The Morgan fingerprint density at radius 1 is 1.19 bits per heavy atom. The second-order valence-corrected chi connectivity index (χ2v) is 6.38. The summed E-state index contributed by atoms with van der Waals surface area (Å²) in [6.07, 6.45) is 0.541. The number of rotatable bonds is 4. The van der Waals surface area contributed by atoms with Crippen LogP contribution in [0.1, 0.15) is 28.4 Å². The number of nitrogens with zero attached hydrogens (tertiary/aromatic N) is 7. The second kappa shape index (κ2) is 6.78. The highest BCUT2D eigenvalue weighted by molar-refractivity contribution is 5.91. The van der Waals surface area contributed by atoms with Crippen LogP contribution in [0.4, 0.5) is 0 Å². The first-order valence-corrected chi connectivity index (χ1v) is 8.58. The minimum Gasteiger partial charge on any atom is -0.480 e. The lowest BCUT2D eigenvalue weighted by Crippen LogP contribution is -2.31. The molecule has 10 nitrogen and oxygen atoms in total. The lowest BCUT2D eigenvalue weighted by molar-refractivity contribution is 0.0759. The monoisotopic (exact) mass is 369 g/mol. The molecule has 0 aromatic carbocycles. The topological polar surface area (TPSA) is 108 Å². The van der Waals surface area contributed by atoms with E-state index in [2.05, 4.69) is 25.3 Å². The molecule has 0 saturated carbocycles. The minimum atomic E-state index is -0.232. The van der Waals surface area contributed by atoms with Crippen molar-refractivity contribution < 1.29 is 14.3 Å². The summed E-state index contributed by atoms with van der Waals surface area (Å²) in [5.74, 6) is 1.15. The molecule has 1 amide bonds. The zero-order valence-electron chi connectivity index (χ0n) is 15.3.